The first-order chi connectivity index (χ1) is 7.63. The van der Waals surface area contributed by atoms with E-state index in [0.29, 0.717) is 28.9 Å². The summed E-state index contributed by atoms with van der Waals surface area (Å²) in [6, 6.07) is 3.55. The fraction of sp³-hybridized carbons (Fsp3) is 0.400. The van der Waals surface area contributed by atoms with Crippen molar-refractivity contribution in [1.82, 2.24) is 4.98 Å². The number of nitrogens with zero attached hydrogens (tertiary/aromatic N) is 1. The number of thiocarbonyl (C=S) groups is 1. The van der Waals surface area contributed by atoms with Gasteiger partial charge >= 0.3 is 0 Å². The zero-order chi connectivity index (χ0) is 12.0. The van der Waals surface area contributed by atoms with Crippen molar-refractivity contribution in [3.8, 4) is 0 Å². The first-order valence-corrected chi connectivity index (χ1v) is 6.87. The summed E-state index contributed by atoms with van der Waals surface area (Å²) in [4.78, 5) is 4.47. The van der Waals surface area contributed by atoms with Crippen LogP contribution in [0.15, 0.2) is 18.3 Å². The van der Waals surface area contributed by atoms with Gasteiger partial charge in [0.15, 0.2) is 0 Å². The molecule has 1 unspecified atom stereocenters. The lowest BCUT2D eigenvalue weighted by Gasteiger charge is -2.06. The molecular weight excluding hydrogens is 242 g/mol. The molecule has 0 saturated carbocycles. The van der Waals surface area contributed by atoms with Crippen LogP contribution in [0.25, 0.3) is 0 Å². The van der Waals surface area contributed by atoms with Gasteiger partial charge in [0.05, 0.1) is 0 Å². The third-order valence-corrected chi connectivity index (χ3v) is 3.54. The molecule has 0 fully saturated rings. The van der Waals surface area contributed by atoms with Crippen molar-refractivity contribution in [3.63, 3.8) is 0 Å². The highest BCUT2D eigenvalue weighted by Gasteiger charge is 2.00. The van der Waals surface area contributed by atoms with Crippen LogP contribution in [0.4, 0.5) is 5.82 Å². The minimum atomic E-state index is -0.756. The molecule has 1 rings (SSSR count). The van der Waals surface area contributed by atoms with Crippen molar-refractivity contribution in [2.24, 2.45) is 5.73 Å². The maximum absolute atomic E-state index is 11.2. The third kappa shape index (κ3) is 4.24. The van der Waals surface area contributed by atoms with Gasteiger partial charge < -0.3 is 11.1 Å². The number of hydrogen-bond acceptors (Lipinski definition) is 4. The van der Waals surface area contributed by atoms with E-state index in [1.807, 2.05) is 6.92 Å². The van der Waals surface area contributed by atoms with E-state index in [-0.39, 0.29) is 0 Å². The Balaban J connectivity index is 2.51. The van der Waals surface area contributed by atoms with E-state index in [0.717, 1.165) is 5.56 Å². The van der Waals surface area contributed by atoms with Gasteiger partial charge in [-0.25, -0.2) is 4.98 Å². The normalized spacial score (nSPS) is 12.1. The van der Waals surface area contributed by atoms with Crippen molar-refractivity contribution < 1.29 is 4.21 Å². The molecule has 0 bridgehead atoms. The molecule has 0 aliphatic heterocycles. The highest BCUT2D eigenvalue weighted by Crippen LogP contribution is 2.06. The van der Waals surface area contributed by atoms with Crippen molar-refractivity contribution in [3.05, 3.63) is 23.9 Å². The molecular formula is C10H15N3OS2. The molecule has 0 amide bonds. The van der Waals surface area contributed by atoms with Gasteiger partial charge in [-0.1, -0.05) is 19.1 Å². The molecule has 0 aromatic carbocycles. The second-order valence-electron chi connectivity index (χ2n) is 3.15. The summed E-state index contributed by atoms with van der Waals surface area (Å²) >= 11 is 4.87. The summed E-state index contributed by atoms with van der Waals surface area (Å²) in [7, 11) is -0.756. The number of hydrogen-bond donors (Lipinski definition) is 2. The molecule has 88 valence electrons. The Morgan fingerprint density at radius 1 is 1.69 bits per heavy atom. The van der Waals surface area contributed by atoms with E-state index in [9.17, 15) is 4.21 Å². The number of rotatable bonds is 6. The first-order valence-electron chi connectivity index (χ1n) is 4.98. The second-order valence-corrected chi connectivity index (χ2v) is 5.46. The molecule has 0 radical (unpaired) electrons. The molecule has 0 aliphatic carbocycles. The monoisotopic (exact) mass is 257 g/mol. The third-order valence-electron chi connectivity index (χ3n) is 2.00. The number of nitrogens with two attached hydrogens (primary N) is 1. The average Bonchev–Trinajstić information content (AvgIpc) is 2.29. The standard InChI is InChI=1S/C10H15N3OS2/c1-2-16(14)6-5-13-9-7-8(10(11)15)3-4-12-9/h3-4,7H,2,5-6H2,1H3,(H2,11,15)(H,12,13). The second kappa shape index (κ2) is 6.55. The van der Waals surface area contributed by atoms with Gasteiger partial charge in [0.2, 0.25) is 0 Å². The first kappa shape index (κ1) is 13.1. The van der Waals surface area contributed by atoms with Crippen molar-refractivity contribution in [2.75, 3.05) is 23.4 Å². The number of anilines is 1. The predicted octanol–water partition coefficient (Wildman–Crippen LogP) is 0.896. The number of nitrogens with one attached hydrogen (secondary N) is 1. The fourth-order valence-corrected chi connectivity index (χ4v) is 1.86. The molecule has 3 N–H and O–H groups in total. The molecule has 1 aromatic heterocycles. The quantitative estimate of drug-likeness (QED) is 0.741. The van der Waals surface area contributed by atoms with E-state index in [1.165, 1.54) is 0 Å². The summed E-state index contributed by atoms with van der Waals surface area (Å²) in [5, 5.41) is 3.09. The van der Waals surface area contributed by atoms with Gasteiger partial charge in [0.25, 0.3) is 0 Å². The largest absolute Gasteiger partial charge is 0.389 e. The lowest BCUT2D eigenvalue weighted by Crippen LogP contribution is -2.14. The molecule has 0 aliphatic rings. The Morgan fingerprint density at radius 3 is 3.06 bits per heavy atom. The van der Waals surface area contributed by atoms with Crippen LogP contribution in [-0.2, 0) is 10.8 Å². The zero-order valence-electron chi connectivity index (χ0n) is 9.10. The summed E-state index contributed by atoms with van der Waals surface area (Å²) in [5.74, 6) is 2.01. The van der Waals surface area contributed by atoms with E-state index in [4.69, 9.17) is 18.0 Å². The molecule has 16 heavy (non-hydrogen) atoms. The average molecular weight is 257 g/mol. The SMILES string of the molecule is CCS(=O)CCNc1cc(C(N)=S)ccn1. The Morgan fingerprint density at radius 2 is 2.44 bits per heavy atom. The Hall–Kier alpha value is -1.01. The minimum Gasteiger partial charge on any atom is -0.389 e. The smallest absolute Gasteiger partial charge is 0.126 e. The predicted molar refractivity (Wildman–Crippen MR) is 72.2 cm³/mol. The Kier molecular flexibility index (Phi) is 5.34. The molecule has 0 saturated heterocycles. The van der Waals surface area contributed by atoms with Crippen LogP contribution in [0.5, 0.6) is 0 Å². The van der Waals surface area contributed by atoms with E-state index in [1.54, 1.807) is 18.3 Å². The van der Waals surface area contributed by atoms with E-state index < -0.39 is 10.8 Å². The van der Waals surface area contributed by atoms with Gasteiger partial charge in [0.1, 0.15) is 10.8 Å². The Labute approximate surface area is 103 Å². The zero-order valence-corrected chi connectivity index (χ0v) is 10.7. The molecule has 1 aromatic rings. The highest BCUT2D eigenvalue weighted by atomic mass is 32.2. The Bertz CT molecular complexity index is 395. The summed E-state index contributed by atoms with van der Waals surface area (Å²) < 4.78 is 11.2. The minimum absolute atomic E-state index is 0.350. The van der Waals surface area contributed by atoms with Gasteiger partial charge in [-0.2, -0.15) is 0 Å². The van der Waals surface area contributed by atoms with Crippen molar-refractivity contribution in [1.29, 1.82) is 0 Å². The topological polar surface area (TPSA) is 68.0 Å². The van der Waals surface area contributed by atoms with Crippen molar-refractivity contribution >= 4 is 33.8 Å². The van der Waals surface area contributed by atoms with Crippen LogP contribution in [0, 0.1) is 0 Å². The molecule has 0 spiro atoms. The van der Waals surface area contributed by atoms with Crippen LogP contribution in [-0.4, -0.2) is 32.2 Å². The molecule has 4 nitrogen and oxygen atoms in total. The lowest BCUT2D eigenvalue weighted by molar-refractivity contribution is 0.684. The van der Waals surface area contributed by atoms with Crippen LogP contribution in [0.1, 0.15) is 12.5 Å². The van der Waals surface area contributed by atoms with Gasteiger partial charge in [0, 0.05) is 40.6 Å². The van der Waals surface area contributed by atoms with E-state index >= 15 is 0 Å². The lowest BCUT2D eigenvalue weighted by atomic mass is 10.2. The fourth-order valence-electron chi connectivity index (χ4n) is 1.12. The molecule has 1 atom stereocenters. The van der Waals surface area contributed by atoms with Crippen LogP contribution in [0.3, 0.4) is 0 Å². The maximum Gasteiger partial charge on any atom is 0.126 e. The summed E-state index contributed by atoms with van der Waals surface area (Å²) in [5.41, 5.74) is 6.29. The van der Waals surface area contributed by atoms with E-state index in [2.05, 4.69) is 10.3 Å². The molecule has 1 heterocycles. The number of aromatic nitrogens is 1. The van der Waals surface area contributed by atoms with Gasteiger partial charge in [-0.3, -0.25) is 4.21 Å². The summed E-state index contributed by atoms with van der Waals surface area (Å²) in [6.45, 7) is 2.54. The van der Waals surface area contributed by atoms with Gasteiger partial charge in [-0.05, 0) is 12.1 Å². The number of pyridine rings is 1. The summed E-state index contributed by atoms with van der Waals surface area (Å²) in [6.07, 6.45) is 1.65. The highest BCUT2D eigenvalue weighted by molar-refractivity contribution is 7.84. The van der Waals surface area contributed by atoms with Crippen molar-refractivity contribution in [2.45, 2.75) is 6.92 Å². The van der Waals surface area contributed by atoms with Crippen LogP contribution >= 0.6 is 12.2 Å². The maximum atomic E-state index is 11.2. The molecule has 6 heteroatoms. The van der Waals surface area contributed by atoms with Crippen LogP contribution in [0.2, 0.25) is 0 Å². The van der Waals surface area contributed by atoms with Crippen LogP contribution < -0.4 is 11.1 Å². The van der Waals surface area contributed by atoms with Gasteiger partial charge in [-0.15, -0.1) is 0 Å².